The van der Waals surface area contributed by atoms with E-state index in [4.69, 9.17) is 11.6 Å². The Kier molecular flexibility index (Phi) is 5.63. The smallest absolute Gasteiger partial charge is 0.257 e. The van der Waals surface area contributed by atoms with Gasteiger partial charge in [-0.1, -0.05) is 24.9 Å². The second kappa shape index (κ2) is 7.91. The molecule has 6 heteroatoms. The Hall–Kier alpha value is -2.01. The fraction of sp³-hybridized carbons (Fsp3) is 0.474. The number of benzene rings is 1. The molecule has 25 heavy (non-hydrogen) atoms. The van der Waals surface area contributed by atoms with Gasteiger partial charge < -0.3 is 14.6 Å². The predicted molar refractivity (Wildman–Crippen MR) is 98.1 cm³/mol. The van der Waals surface area contributed by atoms with E-state index in [9.17, 15) is 9.90 Å². The molecule has 5 nitrogen and oxygen atoms in total. The first-order chi connectivity index (χ1) is 12.1. The third-order valence-electron chi connectivity index (χ3n) is 4.76. The van der Waals surface area contributed by atoms with Gasteiger partial charge in [0.2, 0.25) is 0 Å². The lowest BCUT2D eigenvalue weighted by atomic mass is 9.96. The van der Waals surface area contributed by atoms with Crippen LogP contribution in [-0.4, -0.2) is 38.6 Å². The number of aromatic nitrogens is 2. The summed E-state index contributed by atoms with van der Waals surface area (Å²) in [6.45, 7) is 4.47. The zero-order chi connectivity index (χ0) is 17.8. The van der Waals surface area contributed by atoms with Gasteiger partial charge in [-0.2, -0.15) is 0 Å². The third kappa shape index (κ3) is 3.98. The molecule has 1 aromatic carbocycles. The van der Waals surface area contributed by atoms with Crippen molar-refractivity contribution in [2.45, 2.75) is 45.1 Å². The highest BCUT2D eigenvalue weighted by Gasteiger charge is 2.29. The molecule has 1 aliphatic rings. The van der Waals surface area contributed by atoms with Crippen LogP contribution in [0.3, 0.4) is 0 Å². The van der Waals surface area contributed by atoms with Crippen LogP contribution in [0.1, 0.15) is 54.7 Å². The Morgan fingerprint density at radius 1 is 1.44 bits per heavy atom. The molecular weight excluding hydrogens is 338 g/mol. The van der Waals surface area contributed by atoms with E-state index in [0.717, 1.165) is 38.1 Å². The lowest BCUT2D eigenvalue weighted by Crippen LogP contribution is -2.39. The van der Waals surface area contributed by atoms with Gasteiger partial charge in [0.1, 0.15) is 11.6 Å². The maximum Gasteiger partial charge on any atom is 0.257 e. The number of hydrogen-bond acceptors (Lipinski definition) is 3. The van der Waals surface area contributed by atoms with E-state index >= 15 is 0 Å². The monoisotopic (exact) mass is 361 g/mol. The topological polar surface area (TPSA) is 58.4 Å². The normalized spacial score (nSPS) is 17.7. The highest BCUT2D eigenvalue weighted by Crippen LogP contribution is 2.29. The van der Waals surface area contributed by atoms with Crippen LogP contribution in [0.25, 0.3) is 0 Å². The SMILES string of the molecule is CCCCn1ccnc1[C@@H]1CCCN(C(=O)c2ccc(Cl)cc2O)C1. The van der Waals surface area contributed by atoms with Gasteiger partial charge in [0.25, 0.3) is 5.91 Å². The van der Waals surface area contributed by atoms with Crippen LogP contribution in [0.15, 0.2) is 30.6 Å². The molecule has 0 saturated carbocycles. The van der Waals surface area contributed by atoms with E-state index in [-0.39, 0.29) is 17.6 Å². The molecule has 1 amide bonds. The molecule has 0 bridgehead atoms. The Bertz CT molecular complexity index is 744. The van der Waals surface area contributed by atoms with Crippen molar-refractivity contribution in [1.29, 1.82) is 0 Å². The minimum atomic E-state index is -0.148. The first kappa shape index (κ1) is 17.8. The highest BCUT2D eigenvalue weighted by molar-refractivity contribution is 6.30. The maximum atomic E-state index is 12.8. The van der Waals surface area contributed by atoms with E-state index in [2.05, 4.69) is 16.5 Å². The minimum Gasteiger partial charge on any atom is -0.507 e. The number of aromatic hydroxyl groups is 1. The summed E-state index contributed by atoms with van der Waals surface area (Å²) >= 11 is 5.86. The van der Waals surface area contributed by atoms with E-state index in [0.29, 0.717) is 23.7 Å². The summed E-state index contributed by atoms with van der Waals surface area (Å²) in [6, 6.07) is 4.63. The summed E-state index contributed by atoms with van der Waals surface area (Å²) in [6.07, 6.45) is 8.10. The minimum absolute atomic E-state index is 0.0657. The quantitative estimate of drug-likeness (QED) is 0.873. The van der Waals surface area contributed by atoms with Crippen LogP contribution < -0.4 is 0 Å². The molecular formula is C19H24ClN3O2. The lowest BCUT2D eigenvalue weighted by molar-refractivity contribution is 0.0700. The number of halogens is 1. The Balaban J connectivity index is 1.75. The molecule has 3 rings (SSSR count). The van der Waals surface area contributed by atoms with Crippen LogP contribution >= 0.6 is 11.6 Å². The van der Waals surface area contributed by atoms with Crippen molar-refractivity contribution in [3.05, 3.63) is 47.0 Å². The van der Waals surface area contributed by atoms with E-state index in [1.165, 1.54) is 6.07 Å². The van der Waals surface area contributed by atoms with Gasteiger partial charge in [0, 0.05) is 43.0 Å². The van der Waals surface area contributed by atoms with Gasteiger partial charge in [-0.05, 0) is 37.5 Å². The number of nitrogens with zero attached hydrogens (tertiary/aromatic N) is 3. The molecule has 2 heterocycles. The summed E-state index contributed by atoms with van der Waals surface area (Å²) in [5, 5.41) is 10.5. The number of phenolic OH excluding ortho intramolecular Hbond substituents is 1. The molecule has 1 N–H and O–H groups in total. The zero-order valence-corrected chi connectivity index (χ0v) is 15.2. The summed E-state index contributed by atoms with van der Waals surface area (Å²) in [5.74, 6) is 1.08. The van der Waals surface area contributed by atoms with Crippen LogP contribution in [0, 0.1) is 0 Å². The van der Waals surface area contributed by atoms with Gasteiger partial charge >= 0.3 is 0 Å². The molecule has 2 aromatic rings. The second-order valence-corrected chi connectivity index (χ2v) is 7.02. The number of amides is 1. The van der Waals surface area contributed by atoms with Crippen molar-refractivity contribution in [3.63, 3.8) is 0 Å². The van der Waals surface area contributed by atoms with Crippen LogP contribution in [0.4, 0.5) is 0 Å². The zero-order valence-electron chi connectivity index (χ0n) is 14.5. The first-order valence-corrected chi connectivity index (χ1v) is 9.26. The fourth-order valence-electron chi connectivity index (χ4n) is 3.43. The molecule has 0 aliphatic carbocycles. The molecule has 134 valence electrons. The number of imidazole rings is 1. The van der Waals surface area contributed by atoms with Crippen molar-refractivity contribution in [2.24, 2.45) is 0 Å². The Morgan fingerprint density at radius 2 is 2.28 bits per heavy atom. The van der Waals surface area contributed by atoms with Gasteiger partial charge in [0.15, 0.2) is 0 Å². The van der Waals surface area contributed by atoms with Crippen molar-refractivity contribution in [2.75, 3.05) is 13.1 Å². The predicted octanol–water partition coefficient (Wildman–Crippen LogP) is 4.06. The Morgan fingerprint density at radius 3 is 3.04 bits per heavy atom. The highest BCUT2D eigenvalue weighted by atomic mass is 35.5. The van der Waals surface area contributed by atoms with Gasteiger partial charge in [-0.25, -0.2) is 4.98 Å². The summed E-state index contributed by atoms with van der Waals surface area (Å²) in [7, 11) is 0. The van der Waals surface area contributed by atoms with Crippen LogP contribution in [0.5, 0.6) is 5.75 Å². The standard InChI is InChI=1S/C19H24ClN3O2/c1-2-3-9-22-11-8-21-18(22)14-5-4-10-23(13-14)19(25)16-7-6-15(20)12-17(16)24/h6-8,11-12,14,24H,2-5,9-10,13H2,1H3/t14-/m1/s1. The molecule has 1 aromatic heterocycles. The van der Waals surface area contributed by atoms with Crippen LogP contribution in [0.2, 0.25) is 5.02 Å². The fourth-order valence-corrected chi connectivity index (χ4v) is 3.59. The Labute approximate surface area is 153 Å². The first-order valence-electron chi connectivity index (χ1n) is 8.89. The third-order valence-corrected chi connectivity index (χ3v) is 5.00. The number of carbonyl (C=O) groups is 1. The average molecular weight is 362 g/mol. The molecule has 1 fully saturated rings. The molecule has 0 unspecified atom stereocenters. The largest absolute Gasteiger partial charge is 0.507 e. The number of piperidine rings is 1. The molecule has 1 atom stereocenters. The van der Waals surface area contributed by atoms with Crippen LogP contribution in [-0.2, 0) is 6.54 Å². The summed E-state index contributed by atoms with van der Waals surface area (Å²) in [4.78, 5) is 19.2. The van der Waals surface area contributed by atoms with Crippen molar-refractivity contribution in [3.8, 4) is 5.75 Å². The number of phenols is 1. The van der Waals surface area contributed by atoms with Crippen molar-refractivity contribution < 1.29 is 9.90 Å². The second-order valence-electron chi connectivity index (χ2n) is 6.58. The molecule has 1 saturated heterocycles. The van der Waals surface area contributed by atoms with E-state index < -0.39 is 0 Å². The number of rotatable bonds is 5. The average Bonchev–Trinajstić information content (AvgIpc) is 3.08. The molecule has 0 spiro atoms. The number of hydrogen-bond donors (Lipinski definition) is 1. The number of likely N-dealkylation sites (tertiary alicyclic amines) is 1. The van der Waals surface area contributed by atoms with Gasteiger partial charge in [-0.15, -0.1) is 0 Å². The number of aryl methyl sites for hydroxylation is 1. The van der Waals surface area contributed by atoms with Crippen molar-refractivity contribution >= 4 is 17.5 Å². The lowest BCUT2D eigenvalue weighted by Gasteiger charge is -2.33. The summed E-state index contributed by atoms with van der Waals surface area (Å²) in [5.41, 5.74) is 0.305. The van der Waals surface area contributed by atoms with Crippen molar-refractivity contribution in [1.82, 2.24) is 14.5 Å². The maximum absolute atomic E-state index is 12.8. The van der Waals surface area contributed by atoms with Gasteiger partial charge in [-0.3, -0.25) is 4.79 Å². The van der Waals surface area contributed by atoms with E-state index in [1.807, 2.05) is 17.3 Å². The van der Waals surface area contributed by atoms with E-state index in [1.54, 1.807) is 12.1 Å². The van der Waals surface area contributed by atoms with Gasteiger partial charge in [0.05, 0.1) is 5.56 Å². The summed E-state index contributed by atoms with van der Waals surface area (Å²) < 4.78 is 2.21. The number of carbonyl (C=O) groups excluding carboxylic acids is 1. The molecule has 0 radical (unpaired) electrons. The number of unbranched alkanes of at least 4 members (excludes halogenated alkanes) is 1. The molecule has 1 aliphatic heterocycles.